The fraction of sp³-hybridized carbons (Fsp3) is 0.385. The average molecular weight is 327 g/mol. The summed E-state index contributed by atoms with van der Waals surface area (Å²) in [5.41, 5.74) is 2.01. The molecular formula is C13H15BrN2O3. The molecule has 1 heterocycles. The van der Waals surface area contributed by atoms with Gasteiger partial charge < -0.3 is 14.4 Å². The highest BCUT2D eigenvalue weighted by Gasteiger charge is 2.14. The predicted octanol–water partition coefficient (Wildman–Crippen LogP) is 2.36. The number of benzene rings is 1. The summed E-state index contributed by atoms with van der Waals surface area (Å²) in [6, 6.07) is 5.90. The first-order valence-corrected chi connectivity index (χ1v) is 6.65. The Balaban J connectivity index is 2.16. The van der Waals surface area contributed by atoms with E-state index in [0.29, 0.717) is 11.7 Å². The molecule has 0 aliphatic heterocycles. The molecular weight excluding hydrogens is 312 g/mol. The molecule has 102 valence electrons. The van der Waals surface area contributed by atoms with Gasteiger partial charge in [-0.15, -0.1) is 0 Å². The van der Waals surface area contributed by atoms with Crippen molar-refractivity contribution in [2.24, 2.45) is 0 Å². The van der Waals surface area contributed by atoms with E-state index in [9.17, 15) is 5.11 Å². The number of nitrogens with zero attached hydrogens (tertiary/aromatic N) is 2. The number of aliphatic hydroxyl groups is 1. The number of ether oxygens (including phenoxy) is 1. The van der Waals surface area contributed by atoms with Gasteiger partial charge in [-0.3, -0.25) is 0 Å². The third kappa shape index (κ3) is 3.62. The van der Waals surface area contributed by atoms with Crippen LogP contribution in [0, 0.1) is 6.92 Å². The second-order valence-electron chi connectivity index (χ2n) is 4.31. The number of aliphatic hydroxyl groups excluding tert-OH is 1. The first-order valence-electron chi connectivity index (χ1n) is 5.86. The molecule has 0 fully saturated rings. The first kappa shape index (κ1) is 14.2. The van der Waals surface area contributed by atoms with Gasteiger partial charge in [0.2, 0.25) is 11.7 Å². The summed E-state index contributed by atoms with van der Waals surface area (Å²) in [5.74, 6) is 0.901. The minimum atomic E-state index is -0.639. The number of aromatic nitrogens is 2. The van der Waals surface area contributed by atoms with Crippen molar-refractivity contribution < 1.29 is 14.4 Å². The van der Waals surface area contributed by atoms with E-state index in [1.807, 2.05) is 25.1 Å². The molecule has 0 saturated heterocycles. The molecule has 1 unspecified atom stereocenters. The van der Waals surface area contributed by atoms with E-state index in [2.05, 4.69) is 26.1 Å². The maximum atomic E-state index is 9.61. The molecule has 19 heavy (non-hydrogen) atoms. The lowest BCUT2D eigenvalue weighted by atomic mass is 10.1. The monoisotopic (exact) mass is 326 g/mol. The zero-order valence-electron chi connectivity index (χ0n) is 10.8. The van der Waals surface area contributed by atoms with E-state index in [1.54, 1.807) is 0 Å². The molecule has 2 aromatic rings. The zero-order valence-corrected chi connectivity index (χ0v) is 12.3. The Morgan fingerprint density at radius 2 is 2.26 bits per heavy atom. The fourth-order valence-electron chi connectivity index (χ4n) is 1.70. The molecule has 0 spiro atoms. The van der Waals surface area contributed by atoms with E-state index in [1.165, 1.54) is 7.11 Å². The molecule has 0 bridgehead atoms. The first-order chi connectivity index (χ1) is 9.10. The van der Waals surface area contributed by atoms with E-state index in [4.69, 9.17) is 9.26 Å². The second-order valence-corrected chi connectivity index (χ2v) is 5.16. The van der Waals surface area contributed by atoms with Crippen LogP contribution in [0.2, 0.25) is 0 Å². The smallest absolute Gasteiger partial charge is 0.229 e. The highest BCUT2D eigenvalue weighted by Crippen LogP contribution is 2.27. The van der Waals surface area contributed by atoms with Crippen LogP contribution in [0.3, 0.4) is 0 Å². The van der Waals surface area contributed by atoms with Crippen LogP contribution < -0.4 is 0 Å². The van der Waals surface area contributed by atoms with Crippen molar-refractivity contribution in [2.75, 3.05) is 13.7 Å². The molecule has 0 aliphatic carbocycles. The normalized spacial score (nSPS) is 12.6. The lowest BCUT2D eigenvalue weighted by Crippen LogP contribution is -2.17. The number of aryl methyl sites for hydroxylation is 1. The highest BCUT2D eigenvalue weighted by molar-refractivity contribution is 9.10. The molecule has 2 rings (SSSR count). The maximum absolute atomic E-state index is 9.61. The van der Waals surface area contributed by atoms with E-state index in [0.717, 1.165) is 15.6 Å². The van der Waals surface area contributed by atoms with E-state index >= 15 is 0 Å². The Morgan fingerprint density at radius 3 is 2.95 bits per heavy atom. The Bertz CT molecular complexity index is 557. The predicted molar refractivity (Wildman–Crippen MR) is 73.8 cm³/mol. The third-order valence-electron chi connectivity index (χ3n) is 2.60. The Kier molecular flexibility index (Phi) is 4.68. The van der Waals surface area contributed by atoms with Crippen LogP contribution in [-0.2, 0) is 11.2 Å². The molecule has 0 radical (unpaired) electrons. The summed E-state index contributed by atoms with van der Waals surface area (Å²) in [6.07, 6.45) is -0.357. The van der Waals surface area contributed by atoms with Crippen molar-refractivity contribution in [3.63, 3.8) is 0 Å². The van der Waals surface area contributed by atoms with Gasteiger partial charge in [-0.1, -0.05) is 27.2 Å². The van der Waals surface area contributed by atoms with Gasteiger partial charge in [-0.25, -0.2) is 0 Å². The van der Waals surface area contributed by atoms with Crippen molar-refractivity contribution in [1.29, 1.82) is 0 Å². The number of hydrogen-bond acceptors (Lipinski definition) is 5. The average Bonchev–Trinajstić information content (AvgIpc) is 2.77. The van der Waals surface area contributed by atoms with Gasteiger partial charge in [0.15, 0.2) is 0 Å². The van der Waals surface area contributed by atoms with Gasteiger partial charge in [0, 0.05) is 17.1 Å². The molecule has 6 heteroatoms. The maximum Gasteiger partial charge on any atom is 0.229 e. The van der Waals surface area contributed by atoms with Crippen LogP contribution in [0.15, 0.2) is 27.2 Å². The minimum Gasteiger partial charge on any atom is -0.390 e. The van der Waals surface area contributed by atoms with Crippen LogP contribution in [0.5, 0.6) is 0 Å². The second kappa shape index (κ2) is 6.27. The van der Waals surface area contributed by atoms with Crippen LogP contribution in [0.1, 0.15) is 11.5 Å². The Morgan fingerprint density at radius 1 is 1.47 bits per heavy atom. The Labute approximate surface area is 119 Å². The van der Waals surface area contributed by atoms with Crippen LogP contribution in [-0.4, -0.2) is 35.1 Å². The SMILES string of the molecule is COCC(O)Cc1nc(-c2ccc(C)cc2Br)no1. The van der Waals surface area contributed by atoms with Crippen LogP contribution >= 0.6 is 15.9 Å². The molecule has 1 aromatic carbocycles. The summed E-state index contributed by atoms with van der Waals surface area (Å²) < 4.78 is 10.9. The summed E-state index contributed by atoms with van der Waals surface area (Å²) in [4.78, 5) is 4.27. The van der Waals surface area contributed by atoms with Gasteiger partial charge in [0.1, 0.15) is 0 Å². The van der Waals surface area contributed by atoms with Gasteiger partial charge in [-0.05, 0) is 24.6 Å². The fourth-order valence-corrected chi connectivity index (χ4v) is 2.37. The highest BCUT2D eigenvalue weighted by atomic mass is 79.9. The number of hydrogen-bond donors (Lipinski definition) is 1. The Hall–Kier alpha value is -1.24. The molecule has 1 N–H and O–H groups in total. The molecule has 0 aliphatic rings. The van der Waals surface area contributed by atoms with Crippen molar-refractivity contribution in [3.05, 3.63) is 34.1 Å². The third-order valence-corrected chi connectivity index (χ3v) is 3.26. The van der Waals surface area contributed by atoms with Gasteiger partial charge >= 0.3 is 0 Å². The number of halogens is 1. The quantitative estimate of drug-likeness (QED) is 0.913. The molecule has 0 saturated carbocycles. The largest absolute Gasteiger partial charge is 0.390 e. The van der Waals surface area contributed by atoms with E-state index in [-0.39, 0.29) is 13.0 Å². The zero-order chi connectivity index (χ0) is 13.8. The summed E-state index contributed by atoms with van der Waals surface area (Å²) in [5, 5.41) is 13.5. The molecule has 1 aromatic heterocycles. The van der Waals surface area contributed by atoms with Gasteiger partial charge in [0.05, 0.1) is 19.1 Å². The number of rotatable bonds is 5. The van der Waals surface area contributed by atoms with Crippen LogP contribution in [0.25, 0.3) is 11.4 Å². The number of methoxy groups -OCH3 is 1. The molecule has 1 atom stereocenters. The standard InChI is InChI=1S/C13H15BrN2O3/c1-8-3-4-10(11(14)5-8)13-15-12(19-16-13)6-9(17)7-18-2/h3-5,9,17H,6-7H2,1-2H3. The minimum absolute atomic E-state index is 0.242. The molecule has 5 nitrogen and oxygen atoms in total. The lowest BCUT2D eigenvalue weighted by molar-refractivity contribution is 0.0599. The lowest BCUT2D eigenvalue weighted by Gasteiger charge is -2.04. The summed E-state index contributed by atoms with van der Waals surface area (Å²) in [6.45, 7) is 2.25. The molecule has 0 amide bonds. The van der Waals surface area contributed by atoms with Gasteiger partial charge in [-0.2, -0.15) is 4.98 Å². The van der Waals surface area contributed by atoms with Crippen molar-refractivity contribution in [1.82, 2.24) is 10.1 Å². The van der Waals surface area contributed by atoms with E-state index < -0.39 is 6.10 Å². The summed E-state index contributed by atoms with van der Waals surface area (Å²) in [7, 11) is 1.53. The topological polar surface area (TPSA) is 68.4 Å². The van der Waals surface area contributed by atoms with Crippen molar-refractivity contribution in [3.8, 4) is 11.4 Å². The van der Waals surface area contributed by atoms with Crippen molar-refractivity contribution >= 4 is 15.9 Å². The van der Waals surface area contributed by atoms with Crippen LogP contribution in [0.4, 0.5) is 0 Å². The van der Waals surface area contributed by atoms with Gasteiger partial charge in [0.25, 0.3) is 0 Å². The van der Waals surface area contributed by atoms with Crippen molar-refractivity contribution in [2.45, 2.75) is 19.4 Å². The summed E-state index contributed by atoms with van der Waals surface area (Å²) >= 11 is 3.48.